The second-order valence-corrected chi connectivity index (χ2v) is 10.4. The summed E-state index contributed by atoms with van der Waals surface area (Å²) in [5.74, 6) is 0. The number of sulfone groups is 1. The van der Waals surface area contributed by atoms with Gasteiger partial charge < -0.3 is 4.57 Å². The topological polar surface area (TPSA) is 68.1 Å². The zero-order valence-corrected chi connectivity index (χ0v) is 18.9. The number of rotatable bonds is 9. The molecule has 0 saturated carbocycles. The number of nitrogens with zero attached hydrogens (tertiary/aromatic N) is 4. The van der Waals surface area contributed by atoms with E-state index < -0.39 is 15.1 Å². The maximum absolute atomic E-state index is 12.9. The zero-order chi connectivity index (χ0) is 21.7. The van der Waals surface area contributed by atoms with Gasteiger partial charge >= 0.3 is 0 Å². The van der Waals surface area contributed by atoms with E-state index in [4.69, 9.17) is 0 Å². The van der Waals surface area contributed by atoms with Crippen LogP contribution < -0.4 is 0 Å². The molecule has 3 aromatic rings. The van der Waals surface area contributed by atoms with Crippen LogP contribution in [0.1, 0.15) is 36.2 Å². The van der Waals surface area contributed by atoms with Crippen molar-refractivity contribution < 1.29 is 8.42 Å². The summed E-state index contributed by atoms with van der Waals surface area (Å²) in [6.07, 6.45) is 6.11. The van der Waals surface area contributed by atoms with Crippen molar-refractivity contribution in [2.24, 2.45) is 0 Å². The number of aromatic nitrogens is 3. The van der Waals surface area contributed by atoms with Gasteiger partial charge in [0.1, 0.15) is 0 Å². The third kappa shape index (κ3) is 5.15. The molecular weight excluding hydrogens is 396 g/mol. The minimum atomic E-state index is -3.47. The number of imidazole rings is 1. The van der Waals surface area contributed by atoms with Crippen molar-refractivity contribution in [1.82, 2.24) is 19.4 Å². The summed E-state index contributed by atoms with van der Waals surface area (Å²) in [7, 11) is -1.43. The lowest BCUT2D eigenvalue weighted by Gasteiger charge is -2.20. The van der Waals surface area contributed by atoms with E-state index in [2.05, 4.69) is 27.0 Å². The molecule has 0 fully saturated rings. The minimum absolute atomic E-state index is 0.164. The summed E-state index contributed by atoms with van der Waals surface area (Å²) in [6.45, 7) is 7.38. The first-order chi connectivity index (χ1) is 14.3. The fraction of sp³-hybridized carbons (Fsp3) is 0.391. The molecule has 30 heavy (non-hydrogen) atoms. The van der Waals surface area contributed by atoms with Gasteiger partial charge in [-0.05, 0) is 57.0 Å². The fourth-order valence-electron chi connectivity index (χ4n) is 3.38. The molecule has 0 bridgehead atoms. The van der Waals surface area contributed by atoms with E-state index in [9.17, 15) is 8.42 Å². The van der Waals surface area contributed by atoms with E-state index in [1.165, 1.54) is 11.1 Å². The molecule has 160 valence electrons. The van der Waals surface area contributed by atoms with Crippen LogP contribution in [-0.2, 0) is 35.9 Å². The van der Waals surface area contributed by atoms with Crippen molar-refractivity contribution in [2.45, 2.75) is 57.2 Å². The van der Waals surface area contributed by atoms with Crippen molar-refractivity contribution in [2.75, 3.05) is 7.05 Å². The Morgan fingerprint density at radius 3 is 2.47 bits per heavy atom. The van der Waals surface area contributed by atoms with Gasteiger partial charge in [-0.1, -0.05) is 30.3 Å². The lowest BCUT2D eigenvalue weighted by atomic mass is 10.1. The second-order valence-electron chi connectivity index (χ2n) is 7.99. The largest absolute Gasteiger partial charge is 0.317 e. The van der Waals surface area contributed by atoms with Gasteiger partial charge in [0.25, 0.3) is 0 Å². The van der Waals surface area contributed by atoms with Gasteiger partial charge in [0.05, 0.1) is 17.1 Å². The van der Waals surface area contributed by atoms with Gasteiger partial charge in [-0.15, -0.1) is 0 Å². The first kappa shape index (κ1) is 22.2. The van der Waals surface area contributed by atoms with Crippen LogP contribution in [0.3, 0.4) is 0 Å². The highest BCUT2D eigenvalue weighted by molar-refractivity contribution is 7.91. The quantitative estimate of drug-likeness (QED) is 0.522. The number of hydrogen-bond donors (Lipinski definition) is 0. The van der Waals surface area contributed by atoms with Crippen LogP contribution in [-0.4, -0.2) is 40.2 Å². The van der Waals surface area contributed by atoms with Crippen LogP contribution in [0, 0.1) is 6.92 Å². The molecule has 7 heteroatoms. The number of pyridine rings is 1. The Kier molecular flexibility index (Phi) is 7.05. The molecule has 0 radical (unpaired) electrons. The molecule has 0 unspecified atom stereocenters. The summed E-state index contributed by atoms with van der Waals surface area (Å²) >= 11 is 0. The van der Waals surface area contributed by atoms with Gasteiger partial charge in [0.15, 0.2) is 0 Å². The first-order valence-corrected chi connectivity index (χ1v) is 11.7. The van der Waals surface area contributed by atoms with Crippen LogP contribution in [0.15, 0.2) is 60.1 Å². The molecule has 0 amide bonds. The SMILES string of the molecule is Cc1cnccc1CN(C)Cc1cnc(S(=O)(=O)C(C)C)n1CCc1ccccc1. The summed E-state index contributed by atoms with van der Waals surface area (Å²) in [5, 5.41) is -0.350. The minimum Gasteiger partial charge on any atom is -0.317 e. The van der Waals surface area contributed by atoms with Crippen LogP contribution >= 0.6 is 0 Å². The average molecular weight is 427 g/mol. The van der Waals surface area contributed by atoms with Crippen LogP contribution in [0.25, 0.3) is 0 Å². The third-order valence-electron chi connectivity index (χ3n) is 5.25. The lowest BCUT2D eigenvalue weighted by Crippen LogP contribution is -2.24. The number of aryl methyl sites for hydroxylation is 2. The predicted octanol–water partition coefficient (Wildman–Crippen LogP) is 3.64. The van der Waals surface area contributed by atoms with Gasteiger partial charge in [-0.2, -0.15) is 0 Å². The monoisotopic (exact) mass is 426 g/mol. The van der Waals surface area contributed by atoms with Gasteiger partial charge in [-0.25, -0.2) is 13.4 Å². The zero-order valence-electron chi connectivity index (χ0n) is 18.1. The van der Waals surface area contributed by atoms with Crippen LogP contribution in [0.2, 0.25) is 0 Å². The van der Waals surface area contributed by atoms with E-state index in [1.54, 1.807) is 26.2 Å². The molecule has 2 heterocycles. The highest BCUT2D eigenvalue weighted by Crippen LogP contribution is 2.20. The van der Waals surface area contributed by atoms with Gasteiger partial charge in [-0.3, -0.25) is 9.88 Å². The van der Waals surface area contributed by atoms with Crippen molar-refractivity contribution >= 4 is 9.84 Å². The van der Waals surface area contributed by atoms with E-state index >= 15 is 0 Å². The summed E-state index contributed by atoms with van der Waals surface area (Å²) < 4.78 is 27.7. The Labute approximate surface area is 179 Å². The van der Waals surface area contributed by atoms with E-state index in [1.807, 2.05) is 49.0 Å². The van der Waals surface area contributed by atoms with Crippen molar-refractivity contribution in [3.8, 4) is 0 Å². The molecule has 2 aromatic heterocycles. The second kappa shape index (κ2) is 9.53. The highest BCUT2D eigenvalue weighted by Gasteiger charge is 2.27. The first-order valence-electron chi connectivity index (χ1n) is 10.2. The maximum Gasteiger partial charge on any atom is 0.228 e. The highest BCUT2D eigenvalue weighted by atomic mass is 32.2. The van der Waals surface area contributed by atoms with E-state index in [-0.39, 0.29) is 5.16 Å². The van der Waals surface area contributed by atoms with Crippen LogP contribution in [0.5, 0.6) is 0 Å². The Bertz CT molecular complexity index is 1080. The van der Waals surface area contributed by atoms with E-state index in [0.717, 1.165) is 24.2 Å². The predicted molar refractivity (Wildman–Crippen MR) is 119 cm³/mol. The van der Waals surface area contributed by atoms with Crippen molar-refractivity contribution in [3.63, 3.8) is 0 Å². The molecule has 6 nitrogen and oxygen atoms in total. The van der Waals surface area contributed by atoms with Crippen molar-refractivity contribution in [1.29, 1.82) is 0 Å². The molecule has 0 saturated heterocycles. The third-order valence-corrected chi connectivity index (χ3v) is 7.33. The molecule has 0 N–H and O–H groups in total. The molecule has 3 rings (SSSR count). The molecule has 0 aliphatic rings. The number of hydrogen-bond acceptors (Lipinski definition) is 5. The normalized spacial score (nSPS) is 12.1. The van der Waals surface area contributed by atoms with Crippen molar-refractivity contribution in [3.05, 3.63) is 77.4 Å². The average Bonchev–Trinajstić information content (AvgIpc) is 3.12. The van der Waals surface area contributed by atoms with Gasteiger partial charge in [0, 0.05) is 32.0 Å². The molecule has 0 aliphatic carbocycles. The Morgan fingerprint density at radius 2 is 1.80 bits per heavy atom. The summed E-state index contributed by atoms with van der Waals surface area (Å²) in [5.41, 5.74) is 4.42. The molecule has 0 atom stereocenters. The number of benzene rings is 1. The molecule has 1 aromatic carbocycles. The van der Waals surface area contributed by atoms with Gasteiger partial charge in [0.2, 0.25) is 15.0 Å². The standard InChI is InChI=1S/C23H30N4O2S/c1-18(2)30(28,29)23-25-15-22(27(23)13-11-20-8-6-5-7-9-20)17-26(4)16-21-10-12-24-14-19(21)3/h5-10,12,14-15,18H,11,13,16-17H2,1-4H3. The Balaban J connectivity index is 1.85. The smallest absolute Gasteiger partial charge is 0.228 e. The molecule has 0 spiro atoms. The van der Waals surface area contributed by atoms with Crippen LogP contribution in [0.4, 0.5) is 0 Å². The summed E-state index contributed by atoms with van der Waals surface area (Å²) in [4.78, 5) is 10.7. The molecular formula is C23H30N4O2S. The molecule has 0 aliphatic heterocycles. The fourth-order valence-corrected chi connectivity index (χ4v) is 4.52. The Morgan fingerprint density at radius 1 is 1.07 bits per heavy atom. The van der Waals surface area contributed by atoms with E-state index in [0.29, 0.717) is 13.1 Å². The maximum atomic E-state index is 12.9. The lowest BCUT2D eigenvalue weighted by molar-refractivity contribution is 0.307. The Hall–Kier alpha value is -2.51. The summed E-state index contributed by atoms with van der Waals surface area (Å²) in [6, 6.07) is 12.1.